The van der Waals surface area contributed by atoms with Gasteiger partial charge >= 0.3 is 0 Å². The molecule has 0 radical (unpaired) electrons. The number of carbonyl (C=O) groups excluding carboxylic acids is 1. The van der Waals surface area contributed by atoms with Crippen LogP contribution in [0.4, 0.5) is 0 Å². The highest BCUT2D eigenvalue weighted by atomic mass is 32.2. The summed E-state index contributed by atoms with van der Waals surface area (Å²) in [6.07, 6.45) is 5.05. The average molecular weight is 372 g/mol. The Morgan fingerprint density at radius 2 is 2.23 bits per heavy atom. The molecule has 3 rings (SSSR count). The number of hydrogen-bond donors (Lipinski definition) is 1. The highest BCUT2D eigenvalue weighted by Gasteiger charge is 2.26. The van der Waals surface area contributed by atoms with Crippen molar-refractivity contribution in [3.8, 4) is 0 Å². The minimum Gasteiger partial charge on any atom is -0.467 e. The lowest BCUT2D eigenvalue weighted by Crippen LogP contribution is -2.35. The van der Waals surface area contributed by atoms with Gasteiger partial charge in [-0.05, 0) is 40.1 Å². The lowest BCUT2D eigenvalue weighted by molar-refractivity contribution is -0.121. The number of pyridine rings is 1. The standard InChI is InChI=1S/C17H20N6O2S/c1-12(2)15(16(24)19-10-13-5-3-7-18-9-13)26-17-20-21-22-23(17)11-14-6-4-8-25-14/h3-9,12,15H,10-11H2,1-2H3,(H,19,24)/t15-/m0/s1. The third kappa shape index (κ3) is 4.69. The second-order valence-corrected chi connectivity index (χ2v) is 7.17. The lowest BCUT2D eigenvalue weighted by atomic mass is 10.1. The first-order valence-corrected chi connectivity index (χ1v) is 9.13. The van der Waals surface area contributed by atoms with Crippen molar-refractivity contribution in [2.24, 2.45) is 5.92 Å². The Kier molecular flexibility index (Phi) is 6.00. The summed E-state index contributed by atoms with van der Waals surface area (Å²) in [4.78, 5) is 16.7. The molecule has 0 spiro atoms. The van der Waals surface area contributed by atoms with Crippen LogP contribution in [0.1, 0.15) is 25.2 Å². The van der Waals surface area contributed by atoms with E-state index in [1.807, 2.05) is 38.1 Å². The van der Waals surface area contributed by atoms with Crippen molar-refractivity contribution in [1.29, 1.82) is 0 Å². The van der Waals surface area contributed by atoms with Gasteiger partial charge in [0.15, 0.2) is 0 Å². The van der Waals surface area contributed by atoms with Crippen molar-refractivity contribution in [2.75, 3.05) is 0 Å². The maximum atomic E-state index is 12.7. The number of nitrogens with one attached hydrogen (secondary N) is 1. The summed E-state index contributed by atoms with van der Waals surface area (Å²) < 4.78 is 6.97. The number of nitrogens with zero attached hydrogens (tertiary/aromatic N) is 5. The predicted octanol–water partition coefficient (Wildman–Crippen LogP) is 2.14. The number of tetrazole rings is 1. The molecular formula is C17H20N6O2S. The SMILES string of the molecule is CC(C)[C@H](Sc1nnnn1Cc1ccco1)C(=O)NCc1cccnc1. The lowest BCUT2D eigenvalue weighted by Gasteiger charge is -2.19. The van der Waals surface area contributed by atoms with E-state index in [0.29, 0.717) is 18.2 Å². The van der Waals surface area contributed by atoms with E-state index < -0.39 is 0 Å². The molecule has 0 aliphatic carbocycles. The van der Waals surface area contributed by atoms with Gasteiger partial charge in [-0.15, -0.1) is 5.10 Å². The molecule has 3 aromatic heterocycles. The molecular weight excluding hydrogens is 352 g/mol. The van der Waals surface area contributed by atoms with E-state index in [1.54, 1.807) is 23.3 Å². The number of rotatable bonds is 8. The Balaban J connectivity index is 1.65. The van der Waals surface area contributed by atoms with Crippen molar-refractivity contribution in [1.82, 2.24) is 30.5 Å². The van der Waals surface area contributed by atoms with Crippen LogP contribution in [0.15, 0.2) is 52.5 Å². The van der Waals surface area contributed by atoms with Gasteiger partial charge in [-0.2, -0.15) is 0 Å². The number of aromatic nitrogens is 5. The van der Waals surface area contributed by atoms with Crippen LogP contribution >= 0.6 is 11.8 Å². The summed E-state index contributed by atoms with van der Waals surface area (Å²) in [5.74, 6) is 0.810. The molecule has 8 nitrogen and oxygen atoms in total. The van der Waals surface area contributed by atoms with E-state index in [4.69, 9.17) is 4.42 Å². The minimum absolute atomic E-state index is 0.0543. The molecule has 0 aliphatic rings. The predicted molar refractivity (Wildman–Crippen MR) is 96.2 cm³/mol. The first-order chi connectivity index (χ1) is 12.6. The van der Waals surface area contributed by atoms with Gasteiger partial charge in [0.2, 0.25) is 11.1 Å². The molecule has 1 amide bonds. The maximum Gasteiger partial charge on any atom is 0.234 e. The third-order valence-corrected chi connectivity index (χ3v) is 5.19. The van der Waals surface area contributed by atoms with Gasteiger partial charge in [0.25, 0.3) is 0 Å². The highest BCUT2D eigenvalue weighted by Crippen LogP contribution is 2.26. The molecule has 0 saturated carbocycles. The third-order valence-electron chi connectivity index (χ3n) is 3.67. The zero-order chi connectivity index (χ0) is 18.4. The normalized spacial score (nSPS) is 12.3. The van der Waals surface area contributed by atoms with Gasteiger partial charge in [0.1, 0.15) is 12.3 Å². The van der Waals surface area contributed by atoms with E-state index in [2.05, 4.69) is 25.8 Å². The molecule has 0 unspecified atom stereocenters. The van der Waals surface area contributed by atoms with Crippen LogP contribution in [0.5, 0.6) is 0 Å². The molecule has 3 aromatic rings. The van der Waals surface area contributed by atoms with Gasteiger partial charge < -0.3 is 9.73 Å². The van der Waals surface area contributed by atoms with E-state index in [1.165, 1.54) is 11.8 Å². The smallest absolute Gasteiger partial charge is 0.234 e. The second-order valence-electron chi connectivity index (χ2n) is 6.06. The van der Waals surface area contributed by atoms with Crippen molar-refractivity contribution in [2.45, 2.75) is 37.3 Å². The second kappa shape index (κ2) is 8.61. The van der Waals surface area contributed by atoms with Crippen molar-refractivity contribution >= 4 is 17.7 Å². The Labute approximate surface area is 155 Å². The molecule has 3 heterocycles. The van der Waals surface area contributed by atoms with Crippen LogP contribution in [-0.4, -0.2) is 36.3 Å². The van der Waals surface area contributed by atoms with E-state index in [0.717, 1.165) is 11.3 Å². The van der Waals surface area contributed by atoms with Crippen LogP contribution in [0.25, 0.3) is 0 Å². The average Bonchev–Trinajstić information content (AvgIpc) is 3.31. The Hall–Kier alpha value is -2.68. The molecule has 136 valence electrons. The van der Waals surface area contributed by atoms with Crippen molar-refractivity contribution in [3.05, 3.63) is 54.2 Å². The molecule has 0 aromatic carbocycles. The fourth-order valence-corrected chi connectivity index (χ4v) is 3.32. The first kappa shape index (κ1) is 18.1. The number of furan rings is 1. The van der Waals surface area contributed by atoms with Crippen LogP contribution in [0.2, 0.25) is 0 Å². The Morgan fingerprint density at radius 1 is 1.35 bits per heavy atom. The number of amides is 1. The fraction of sp³-hybridized carbons (Fsp3) is 0.353. The molecule has 0 saturated heterocycles. The molecule has 9 heteroatoms. The van der Waals surface area contributed by atoms with E-state index in [-0.39, 0.29) is 17.1 Å². The number of hydrogen-bond acceptors (Lipinski definition) is 7. The fourth-order valence-electron chi connectivity index (χ4n) is 2.33. The molecule has 0 fully saturated rings. The summed E-state index contributed by atoms with van der Waals surface area (Å²) in [7, 11) is 0. The Morgan fingerprint density at radius 3 is 2.92 bits per heavy atom. The molecule has 0 aliphatic heterocycles. The van der Waals surface area contributed by atoms with Gasteiger partial charge in [0.05, 0.1) is 11.5 Å². The van der Waals surface area contributed by atoms with Crippen LogP contribution in [-0.2, 0) is 17.9 Å². The summed E-state index contributed by atoms with van der Waals surface area (Å²) in [6.45, 7) is 4.86. The minimum atomic E-state index is -0.312. The molecule has 0 bridgehead atoms. The largest absolute Gasteiger partial charge is 0.467 e. The topological polar surface area (TPSA) is 98.7 Å². The van der Waals surface area contributed by atoms with Crippen molar-refractivity contribution < 1.29 is 9.21 Å². The van der Waals surface area contributed by atoms with E-state index in [9.17, 15) is 4.79 Å². The quantitative estimate of drug-likeness (QED) is 0.605. The zero-order valence-electron chi connectivity index (χ0n) is 14.6. The summed E-state index contributed by atoms with van der Waals surface area (Å²) >= 11 is 1.35. The van der Waals surface area contributed by atoms with Crippen LogP contribution in [0.3, 0.4) is 0 Å². The number of carbonyl (C=O) groups is 1. The zero-order valence-corrected chi connectivity index (χ0v) is 15.4. The van der Waals surface area contributed by atoms with Gasteiger partial charge in [-0.25, -0.2) is 4.68 Å². The first-order valence-electron chi connectivity index (χ1n) is 8.25. The van der Waals surface area contributed by atoms with Gasteiger partial charge in [0, 0.05) is 18.9 Å². The molecule has 26 heavy (non-hydrogen) atoms. The summed E-state index contributed by atoms with van der Waals surface area (Å²) in [5, 5.41) is 15.0. The summed E-state index contributed by atoms with van der Waals surface area (Å²) in [6, 6.07) is 7.44. The van der Waals surface area contributed by atoms with Crippen LogP contribution in [0, 0.1) is 5.92 Å². The van der Waals surface area contributed by atoms with Crippen molar-refractivity contribution in [3.63, 3.8) is 0 Å². The van der Waals surface area contributed by atoms with E-state index >= 15 is 0 Å². The monoisotopic (exact) mass is 372 g/mol. The Bertz CT molecular complexity index is 819. The van der Waals surface area contributed by atoms with Crippen LogP contribution < -0.4 is 5.32 Å². The number of thioether (sulfide) groups is 1. The van der Waals surface area contributed by atoms with Gasteiger partial charge in [-0.3, -0.25) is 9.78 Å². The molecule has 1 N–H and O–H groups in total. The molecule has 1 atom stereocenters. The maximum absolute atomic E-state index is 12.7. The highest BCUT2D eigenvalue weighted by molar-refractivity contribution is 8.00. The van der Waals surface area contributed by atoms with Gasteiger partial charge in [-0.1, -0.05) is 31.7 Å². The summed E-state index contributed by atoms with van der Waals surface area (Å²) in [5.41, 5.74) is 0.955.